The van der Waals surface area contributed by atoms with Gasteiger partial charge in [0.25, 0.3) is 11.8 Å². The summed E-state index contributed by atoms with van der Waals surface area (Å²) in [5.74, 6) is -0.940. The van der Waals surface area contributed by atoms with Crippen LogP contribution in [0.5, 0.6) is 0 Å². The molecule has 0 unspecified atom stereocenters. The highest BCUT2D eigenvalue weighted by Crippen LogP contribution is 2.37. The Morgan fingerprint density at radius 2 is 1.68 bits per heavy atom. The average Bonchev–Trinajstić information content (AvgIpc) is 3.40. The zero-order valence-corrected chi connectivity index (χ0v) is 16.5. The Hall–Kier alpha value is -3.87. The summed E-state index contributed by atoms with van der Waals surface area (Å²) in [6.45, 7) is 2.45. The number of carbonyl (C=O) groups is 1. The van der Waals surface area contributed by atoms with Gasteiger partial charge in [-0.15, -0.1) is 10.2 Å². The van der Waals surface area contributed by atoms with E-state index >= 15 is 0 Å². The van der Waals surface area contributed by atoms with Crippen LogP contribution in [0, 0.1) is 6.92 Å². The summed E-state index contributed by atoms with van der Waals surface area (Å²) in [6.07, 6.45) is -2.84. The lowest BCUT2D eigenvalue weighted by Gasteiger charge is -2.20. The van der Waals surface area contributed by atoms with Crippen LogP contribution in [0.2, 0.25) is 0 Å². The number of para-hydroxylation sites is 1. The summed E-state index contributed by atoms with van der Waals surface area (Å²) in [4.78, 5) is 15.0. The highest BCUT2D eigenvalue weighted by Gasteiger charge is 2.31. The number of amides is 1. The maximum atomic E-state index is 13.3. The number of rotatable bonds is 4. The van der Waals surface area contributed by atoms with E-state index in [1.165, 1.54) is 0 Å². The predicted octanol–water partition coefficient (Wildman–Crippen LogP) is 5.81. The van der Waals surface area contributed by atoms with Crippen LogP contribution in [0.1, 0.15) is 33.8 Å². The molecule has 0 radical (unpaired) electrons. The number of benzene rings is 3. The van der Waals surface area contributed by atoms with Crippen LogP contribution in [0.25, 0.3) is 22.6 Å². The van der Waals surface area contributed by atoms with Gasteiger partial charge in [0.2, 0.25) is 5.89 Å². The van der Waals surface area contributed by atoms with Crippen LogP contribution in [-0.2, 0) is 6.54 Å². The standard InChI is InChI=1S/C24H17F2N3O2/c1-14-6-8-15(9-7-14)18-4-2-3-5-20(18)29-13-17-11-10-16(12-19(17)24(29)30)22-27-28-23(31-22)21(25)26/h2-12,21H,13H2,1H3. The first-order valence-corrected chi connectivity index (χ1v) is 9.74. The summed E-state index contributed by atoms with van der Waals surface area (Å²) in [6, 6.07) is 21.0. The van der Waals surface area contributed by atoms with Crippen LogP contribution in [0.15, 0.2) is 71.1 Å². The lowest BCUT2D eigenvalue weighted by Crippen LogP contribution is -2.23. The molecule has 5 nitrogen and oxygen atoms in total. The molecule has 2 heterocycles. The molecule has 0 N–H and O–H groups in total. The van der Waals surface area contributed by atoms with Crippen molar-refractivity contribution in [3.63, 3.8) is 0 Å². The van der Waals surface area contributed by atoms with Gasteiger partial charge in [0.1, 0.15) is 0 Å². The summed E-state index contributed by atoms with van der Waals surface area (Å²) in [5, 5.41) is 7.03. The zero-order chi connectivity index (χ0) is 21.5. The van der Waals surface area contributed by atoms with E-state index in [-0.39, 0.29) is 11.8 Å². The number of carbonyl (C=O) groups excluding carboxylic acids is 1. The molecule has 31 heavy (non-hydrogen) atoms. The van der Waals surface area contributed by atoms with Crippen molar-refractivity contribution < 1.29 is 18.0 Å². The van der Waals surface area contributed by atoms with Gasteiger partial charge in [-0.1, -0.05) is 54.1 Å². The molecule has 1 aliphatic heterocycles. The third kappa shape index (κ3) is 3.38. The largest absolute Gasteiger partial charge is 0.415 e. The van der Waals surface area contributed by atoms with Gasteiger partial charge in [0.15, 0.2) is 0 Å². The fourth-order valence-electron chi connectivity index (χ4n) is 3.75. The molecule has 0 fully saturated rings. The molecule has 7 heteroatoms. The fourth-order valence-corrected chi connectivity index (χ4v) is 3.75. The molecule has 5 rings (SSSR count). The van der Waals surface area contributed by atoms with E-state index in [2.05, 4.69) is 10.2 Å². The number of hydrogen-bond donors (Lipinski definition) is 0. The second-order valence-electron chi connectivity index (χ2n) is 7.39. The van der Waals surface area contributed by atoms with Crippen LogP contribution in [0.3, 0.4) is 0 Å². The van der Waals surface area contributed by atoms with E-state index in [0.29, 0.717) is 17.7 Å². The first-order valence-electron chi connectivity index (χ1n) is 9.74. The Morgan fingerprint density at radius 3 is 2.42 bits per heavy atom. The van der Waals surface area contributed by atoms with Gasteiger partial charge in [-0.05, 0) is 36.2 Å². The SMILES string of the molecule is Cc1ccc(-c2ccccc2N2Cc3ccc(-c4nnc(C(F)F)o4)cc3C2=O)cc1. The zero-order valence-electron chi connectivity index (χ0n) is 16.5. The second-order valence-corrected chi connectivity index (χ2v) is 7.39. The van der Waals surface area contributed by atoms with Crippen molar-refractivity contribution in [3.05, 3.63) is 89.3 Å². The number of anilines is 1. The van der Waals surface area contributed by atoms with Crippen molar-refractivity contribution >= 4 is 11.6 Å². The van der Waals surface area contributed by atoms with Crippen molar-refractivity contribution in [1.29, 1.82) is 0 Å². The summed E-state index contributed by atoms with van der Waals surface area (Å²) in [7, 11) is 0. The molecule has 0 saturated carbocycles. The minimum Gasteiger partial charge on any atom is -0.415 e. The normalized spacial score (nSPS) is 13.2. The van der Waals surface area contributed by atoms with Crippen LogP contribution in [-0.4, -0.2) is 16.1 Å². The molecular weight excluding hydrogens is 400 g/mol. The molecule has 4 aromatic rings. The van der Waals surface area contributed by atoms with Crippen LogP contribution >= 0.6 is 0 Å². The molecule has 0 bridgehead atoms. The Bertz CT molecular complexity index is 1280. The molecule has 0 saturated heterocycles. The molecule has 0 atom stereocenters. The van der Waals surface area contributed by atoms with Gasteiger partial charge < -0.3 is 9.32 Å². The summed E-state index contributed by atoms with van der Waals surface area (Å²) in [5.41, 5.74) is 5.73. The van der Waals surface area contributed by atoms with E-state index in [9.17, 15) is 13.6 Å². The van der Waals surface area contributed by atoms with E-state index in [0.717, 1.165) is 27.9 Å². The number of aromatic nitrogens is 2. The Kier molecular flexibility index (Phi) is 4.58. The van der Waals surface area contributed by atoms with Crippen molar-refractivity contribution in [3.8, 4) is 22.6 Å². The Balaban J connectivity index is 1.50. The molecule has 0 spiro atoms. The van der Waals surface area contributed by atoms with Crippen molar-refractivity contribution in [2.75, 3.05) is 4.90 Å². The number of alkyl halides is 2. The van der Waals surface area contributed by atoms with E-state index in [4.69, 9.17) is 4.42 Å². The van der Waals surface area contributed by atoms with Crippen LogP contribution < -0.4 is 4.90 Å². The van der Waals surface area contributed by atoms with E-state index in [1.807, 2.05) is 55.5 Å². The maximum absolute atomic E-state index is 13.3. The third-order valence-electron chi connectivity index (χ3n) is 5.35. The molecule has 154 valence electrons. The highest BCUT2D eigenvalue weighted by atomic mass is 19.3. The molecule has 1 aromatic heterocycles. The molecular formula is C24H17F2N3O2. The van der Waals surface area contributed by atoms with Crippen molar-refractivity contribution in [2.45, 2.75) is 19.9 Å². The fraction of sp³-hybridized carbons (Fsp3) is 0.125. The Morgan fingerprint density at radius 1 is 0.935 bits per heavy atom. The second kappa shape index (κ2) is 7.43. The third-order valence-corrected chi connectivity index (χ3v) is 5.35. The minimum atomic E-state index is -2.84. The Labute approximate surface area is 177 Å². The quantitative estimate of drug-likeness (QED) is 0.420. The summed E-state index contributed by atoms with van der Waals surface area (Å²) >= 11 is 0. The van der Waals surface area contributed by atoms with E-state index < -0.39 is 12.3 Å². The monoisotopic (exact) mass is 417 g/mol. The maximum Gasteiger partial charge on any atom is 0.314 e. The predicted molar refractivity (Wildman–Crippen MR) is 112 cm³/mol. The number of aryl methyl sites for hydroxylation is 1. The highest BCUT2D eigenvalue weighted by molar-refractivity contribution is 6.12. The smallest absolute Gasteiger partial charge is 0.314 e. The first kappa shape index (κ1) is 19.1. The molecule has 3 aromatic carbocycles. The number of fused-ring (bicyclic) bond motifs is 1. The van der Waals surface area contributed by atoms with Crippen LogP contribution in [0.4, 0.5) is 14.5 Å². The first-order chi connectivity index (χ1) is 15.0. The number of nitrogens with zero attached hydrogens (tertiary/aromatic N) is 3. The lowest BCUT2D eigenvalue weighted by molar-refractivity contribution is 0.0996. The molecule has 1 aliphatic rings. The van der Waals surface area contributed by atoms with Crippen molar-refractivity contribution in [1.82, 2.24) is 10.2 Å². The van der Waals surface area contributed by atoms with Gasteiger partial charge in [-0.2, -0.15) is 8.78 Å². The number of halogens is 2. The number of hydrogen-bond acceptors (Lipinski definition) is 4. The molecule has 0 aliphatic carbocycles. The topological polar surface area (TPSA) is 59.2 Å². The van der Waals surface area contributed by atoms with Gasteiger partial charge in [0, 0.05) is 16.7 Å². The van der Waals surface area contributed by atoms with Gasteiger partial charge in [-0.3, -0.25) is 4.79 Å². The average molecular weight is 417 g/mol. The summed E-state index contributed by atoms with van der Waals surface area (Å²) < 4.78 is 30.5. The molecule has 1 amide bonds. The van der Waals surface area contributed by atoms with Gasteiger partial charge >= 0.3 is 6.43 Å². The van der Waals surface area contributed by atoms with Gasteiger partial charge in [-0.25, -0.2) is 0 Å². The van der Waals surface area contributed by atoms with E-state index in [1.54, 1.807) is 23.1 Å². The minimum absolute atomic E-state index is 0.0376. The van der Waals surface area contributed by atoms with Crippen molar-refractivity contribution in [2.24, 2.45) is 0 Å². The van der Waals surface area contributed by atoms with Gasteiger partial charge in [0.05, 0.1) is 12.2 Å². The lowest BCUT2D eigenvalue weighted by atomic mass is 10.0.